The van der Waals surface area contributed by atoms with E-state index in [0.717, 1.165) is 19.3 Å². The van der Waals surface area contributed by atoms with E-state index < -0.39 is 6.16 Å². The summed E-state index contributed by atoms with van der Waals surface area (Å²) < 4.78 is 9.33. The number of carbonyl (C=O) groups excluding carboxylic acids is 1. The van der Waals surface area contributed by atoms with E-state index in [1.807, 2.05) is 0 Å². The molecule has 76 valence electrons. The summed E-state index contributed by atoms with van der Waals surface area (Å²) in [7, 11) is 0. The van der Waals surface area contributed by atoms with Crippen LogP contribution >= 0.6 is 0 Å². The Balaban J connectivity index is 0. The van der Waals surface area contributed by atoms with Gasteiger partial charge in [-0.05, 0) is 6.42 Å². The van der Waals surface area contributed by atoms with E-state index in [9.17, 15) is 4.79 Å². The van der Waals surface area contributed by atoms with E-state index >= 15 is 0 Å². The summed E-state index contributed by atoms with van der Waals surface area (Å²) in [6.07, 6.45) is 4.00. The van der Waals surface area contributed by atoms with Gasteiger partial charge < -0.3 is 9.47 Å². The molecule has 0 N–H and O–H groups in total. The van der Waals surface area contributed by atoms with Crippen LogP contribution in [0.15, 0.2) is 12.7 Å². The molecule has 0 aromatic rings. The number of unbranched alkanes of at least 4 members (excludes halogenated alkanes) is 2. The van der Waals surface area contributed by atoms with E-state index in [2.05, 4.69) is 18.2 Å². The second kappa shape index (κ2) is 12.0. The Morgan fingerprint density at radius 1 is 1.38 bits per heavy atom. The Morgan fingerprint density at radius 3 is 2.62 bits per heavy atom. The molecular formula is C9H16O3Pu. The maximum atomic E-state index is 10.7. The third-order valence-corrected chi connectivity index (χ3v) is 1.29. The van der Waals surface area contributed by atoms with Crippen LogP contribution in [-0.4, -0.2) is 19.4 Å². The number of hydrogen-bond donors (Lipinski definition) is 0. The van der Waals surface area contributed by atoms with Gasteiger partial charge in [0.25, 0.3) is 0 Å². The third-order valence-electron chi connectivity index (χ3n) is 1.29. The van der Waals surface area contributed by atoms with Gasteiger partial charge in [-0.25, -0.2) is 4.79 Å². The van der Waals surface area contributed by atoms with Gasteiger partial charge >= 0.3 is 6.16 Å². The van der Waals surface area contributed by atoms with Crippen molar-refractivity contribution in [1.29, 1.82) is 0 Å². The summed E-state index contributed by atoms with van der Waals surface area (Å²) in [4.78, 5) is 10.7. The molecule has 13 heavy (non-hydrogen) atoms. The second-order valence-electron chi connectivity index (χ2n) is 2.41. The molecule has 0 aliphatic carbocycles. The Labute approximate surface area is 101 Å². The fourth-order valence-corrected chi connectivity index (χ4v) is 0.676. The molecule has 0 rings (SSSR count). The maximum Gasteiger partial charge on any atom is 0.508 e. The van der Waals surface area contributed by atoms with Gasteiger partial charge in [-0.15, -0.1) is 0 Å². The normalized spacial score (nSPS) is 8.38. The van der Waals surface area contributed by atoms with E-state index in [0.29, 0.717) is 6.61 Å². The van der Waals surface area contributed by atoms with E-state index in [1.54, 1.807) is 0 Å². The molecular weight excluding hydrogens is 400 g/mol. The molecule has 0 heterocycles. The summed E-state index contributed by atoms with van der Waals surface area (Å²) in [6, 6.07) is 0. The molecule has 3 nitrogen and oxygen atoms in total. The van der Waals surface area contributed by atoms with Gasteiger partial charge in [0.1, 0.15) is 6.61 Å². The van der Waals surface area contributed by atoms with Crippen LogP contribution in [-0.2, 0) is 9.47 Å². The second-order valence-corrected chi connectivity index (χ2v) is 2.41. The van der Waals surface area contributed by atoms with Crippen molar-refractivity contribution < 1.29 is 43.4 Å². The zero-order valence-corrected chi connectivity index (χ0v) is 11.4. The monoisotopic (exact) mass is 410 g/mol. The minimum absolute atomic E-state index is 0. The van der Waals surface area contributed by atoms with Gasteiger partial charge in [0.05, 0.1) is 6.61 Å². The minimum atomic E-state index is -0.606. The predicted octanol–water partition coefficient (Wildman–Crippen LogP) is 2.52. The standard InChI is InChI=1S/C9H16O3.Pu/c1-3-5-6-8-12-9(10)11-7-4-2;/h4H,2-3,5-8H2,1H3;. The van der Waals surface area contributed by atoms with Crippen molar-refractivity contribution in [1.82, 2.24) is 0 Å². The SMILES string of the molecule is C=CCOC(=O)OCCCCC.[Pu]. The molecule has 0 saturated carbocycles. The Hall–Kier alpha value is -0.00299. The first-order valence-electron chi connectivity index (χ1n) is 4.21. The predicted molar refractivity (Wildman–Crippen MR) is 47.0 cm³/mol. The molecule has 0 amide bonds. The van der Waals surface area contributed by atoms with Crippen LogP contribution in [0.5, 0.6) is 0 Å². The quantitative estimate of drug-likeness (QED) is 0.379. The van der Waals surface area contributed by atoms with E-state index in [-0.39, 0.29) is 35.8 Å². The molecule has 0 unspecified atom stereocenters. The summed E-state index contributed by atoms with van der Waals surface area (Å²) in [5.41, 5.74) is 0. The molecule has 0 aromatic carbocycles. The van der Waals surface area contributed by atoms with E-state index in [4.69, 9.17) is 4.74 Å². The van der Waals surface area contributed by atoms with Crippen LogP contribution < -0.4 is 0 Å². The molecule has 0 aromatic heterocycles. The molecule has 0 fully saturated rings. The fraction of sp³-hybridized carbons (Fsp3) is 0.667. The maximum absolute atomic E-state index is 10.7. The van der Waals surface area contributed by atoms with Crippen LogP contribution in [0.25, 0.3) is 0 Å². The fourth-order valence-electron chi connectivity index (χ4n) is 0.676. The van der Waals surface area contributed by atoms with Crippen LogP contribution in [0.1, 0.15) is 26.2 Å². The molecule has 0 aliphatic rings. The van der Waals surface area contributed by atoms with Crippen molar-refractivity contribution >= 4 is 6.16 Å². The third kappa shape index (κ3) is 12.0. The molecule has 0 atom stereocenters. The van der Waals surface area contributed by atoms with Crippen LogP contribution in [0, 0.1) is 29.2 Å². The van der Waals surface area contributed by atoms with Crippen LogP contribution in [0.2, 0.25) is 0 Å². The first-order valence-corrected chi connectivity index (χ1v) is 4.21. The smallest absolute Gasteiger partial charge is 0.434 e. The minimum Gasteiger partial charge on any atom is -0.434 e. The van der Waals surface area contributed by atoms with Gasteiger partial charge in [-0.2, -0.15) is 0 Å². The molecule has 0 aliphatic heterocycles. The summed E-state index contributed by atoms with van der Waals surface area (Å²) >= 11 is 0. The first-order chi connectivity index (χ1) is 5.81. The van der Waals surface area contributed by atoms with Gasteiger partial charge in [0.2, 0.25) is 0 Å². The van der Waals surface area contributed by atoms with Crippen molar-refractivity contribution in [3.05, 3.63) is 12.7 Å². The Morgan fingerprint density at radius 2 is 2.08 bits per heavy atom. The zero-order valence-electron chi connectivity index (χ0n) is 7.95. The summed E-state index contributed by atoms with van der Waals surface area (Å²) in [6.45, 7) is 6.17. The van der Waals surface area contributed by atoms with Crippen molar-refractivity contribution in [3.8, 4) is 0 Å². The van der Waals surface area contributed by atoms with Crippen molar-refractivity contribution in [2.45, 2.75) is 26.2 Å². The van der Waals surface area contributed by atoms with Gasteiger partial charge in [-0.1, -0.05) is 32.4 Å². The number of rotatable bonds is 6. The first kappa shape index (κ1) is 15.5. The van der Waals surface area contributed by atoms with Gasteiger partial charge in [0, 0.05) is 29.2 Å². The average Bonchev–Trinajstić information content (AvgIpc) is 2.09. The van der Waals surface area contributed by atoms with Gasteiger partial charge in [-0.3, -0.25) is 0 Å². The van der Waals surface area contributed by atoms with Crippen molar-refractivity contribution in [2.24, 2.45) is 0 Å². The Bertz CT molecular complexity index is 137. The number of carbonyl (C=O) groups is 1. The Kier molecular flexibility index (Phi) is 14.3. The molecule has 4 heteroatoms. The van der Waals surface area contributed by atoms with Crippen molar-refractivity contribution in [3.63, 3.8) is 0 Å². The number of hydrogen-bond acceptors (Lipinski definition) is 3. The van der Waals surface area contributed by atoms with Crippen LogP contribution in [0.3, 0.4) is 0 Å². The largest absolute Gasteiger partial charge is 0.508 e. The topological polar surface area (TPSA) is 35.5 Å². The molecule has 0 spiro atoms. The summed E-state index contributed by atoms with van der Waals surface area (Å²) in [5, 5.41) is 0. The van der Waals surface area contributed by atoms with E-state index in [1.165, 1.54) is 6.08 Å². The summed E-state index contributed by atoms with van der Waals surface area (Å²) in [5.74, 6) is 0. The average molecular weight is 416 g/mol. The molecule has 0 bridgehead atoms. The van der Waals surface area contributed by atoms with Crippen LogP contribution in [0.4, 0.5) is 4.79 Å². The molecule has 0 saturated heterocycles. The van der Waals surface area contributed by atoms with Gasteiger partial charge in [0.15, 0.2) is 0 Å². The molecule has 0 radical (unpaired) electrons. The zero-order chi connectivity index (χ0) is 9.23. The number of ether oxygens (including phenoxy) is 2. The van der Waals surface area contributed by atoms with Crippen molar-refractivity contribution in [2.75, 3.05) is 13.2 Å².